The van der Waals surface area contributed by atoms with Crippen LogP contribution in [0.25, 0.3) is 6.08 Å². The molecule has 0 radical (unpaired) electrons. The standard InChI is InChI=1S/C15H14Cl2N2O2/c16-12-4-3-10(14(17)7-12)6-11(8-18)15(20)19-9-13-2-1-5-21-13/h3-4,6-7,13H,1-2,5,9H2,(H,19,20)/b11-6-/t13-/m1/s1. The van der Waals surface area contributed by atoms with E-state index in [2.05, 4.69) is 5.32 Å². The van der Waals surface area contributed by atoms with Gasteiger partial charge in [0, 0.05) is 23.2 Å². The predicted octanol–water partition coefficient (Wildman–Crippen LogP) is 3.20. The number of halogens is 2. The van der Waals surface area contributed by atoms with Gasteiger partial charge < -0.3 is 10.1 Å². The molecule has 6 heteroatoms. The molecule has 0 unspecified atom stereocenters. The van der Waals surface area contributed by atoms with E-state index in [4.69, 9.17) is 33.2 Å². The van der Waals surface area contributed by atoms with E-state index in [0.717, 1.165) is 19.4 Å². The average molecular weight is 325 g/mol. The monoisotopic (exact) mass is 324 g/mol. The highest BCUT2D eigenvalue weighted by Crippen LogP contribution is 2.23. The molecule has 0 aromatic heterocycles. The van der Waals surface area contributed by atoms with Crippen molar-refractivity contribution in [3.05, 3.63) is 39.4 Å². The van der Waals surface area contributed by atoms with Crippen molar-refractivity contribution in [3.8, 4) is 6.07 Å². The molecule has 4 nitrogen and oxygen atoms in total. The first kappa shape index (κ1) is 15.8. The Kier molecular flexibility index (Phi) is 5.63. The van der Waals surface area contributed by atoms with E-state index in [0.29, 0.717) is 22.2 Å². The van der Waals surface area contributed by atoms with Gasteiger partial charge >= 0.3 is 0 Å². The number of carbonyl (C=O) groups is 1. The number of ether oxygens (including phenoxy) is 1. The van der Waals surface area contributed by atoms with Crippen LogP contribution in [0, 0.1) is 11.3 Å². The summed E-state index contributed by atoms with van der Waals surface area (Å²) >= 11 is 11.8. The number of nitrogens with zero attached hydrogens (tertiary/aromatic N) is 1. The Bertz CT molecular complexity index is 602. The van der Waals surface area contributed by atoms with Crippen molar-refractivity contribution in [2.24, 2.45) is 0 Å². The van der Waals surface area contributed by atoms with Crippen molar-refractivity contribution in [3.63, 3.8) is 0 Å². The van der Waals surface area contributed by atoms with Gasteiger partial charge in [-0.05, 0) is 36.6 Å². The molecule has 1 aliphatic heterocycles. The van der Waals surface area contributed by atoms with E-state index in [1.165, 1.54) is 6.08 Å². The highest BCUT2D eigenvalue weighted by Gasteiger charge is 2.17. The number of hydrogen-bond donors (Lipinski definition) is 1. The number of amides is 1. The maximum atomic E-state index is 12.0. The van der Waals surface area contributed by atoms with E-state index in [-0.39, 0.29) is 11.7 Å². The molecule has 1 fully saturated rings. The van der Waals surface area contributed by atoms with Crippen LogP contribution in [0.3, 0.4) is 0 Å². The number of benzene rings is 1. The predicted molar refractivity (Wildman–Crippen MR) is 82.0 cm³/mol. The van der Waals surface area contributed by atoms with Crippen LogP contribution in [0.5, 0.6) is 0 Å². The third-order valence-electron chi connectivity index (χ3n) is 3.14. The fourth-order valence-electron chi connectivity index (χ4n) is 2.03. The molecule has 0 saturated carbocycles. The second-order valence-corrected chi connectivity index (χ2v) is 5.52. The van der Waals surface area contributed by atoms with Crippen LogP contribution in [0.15, 0.2) is 23.8 Å². The SMILES string of the molecule is N#C/C(=C/c1ccc(Cl)cc1Cl)C(=O)NC[C@H]1CCCO1. The minimum atomic E-state index is -0.431. The van der Waals surface area contributed by atoms with Gasteiger partial charge in [-0.1, -0.05) is 29.3 Å². The lowest BCUT2D eigenvalue weighted by atomic mass is 10.1. The molecule has 1 saturated heterocycles. The fraction of sp³-hybridized carbons (Fsp3) is 0.333. The number of hydrogen-bond acceptors (Lipinski definition) is 3. The van der Waals surface area contributed by atoms with E-state index in [1.54, 1.807) is 18.2 Å². The van der Waals surface area contributed by atoms with Gasteiger partial charge in [0.05, 0.1) is 6.10 Å². The summed E-state index contributed by atoms with van der Waals surface area (Å²) in [6, 6.07) is 6.76. The zero-order chi connectivity index (χ0) is 15.2. The summed E-state index contributed by atoms with van der Waals surface area (Å²) in [5.74, 6) is -0.431. The zero-order valence-corrected chi connectivity index (χ0v) is 12.7. The minimum Gasteiger partial charge on any atom is -0.376 e. The summed E-state index contributed by atoms with van der Waals surface area (Å²) < 4.78 is 5.41. The molecule has 0 spiro atoms. The van der Waals surface area contributed by atoms with Gasteiger partial charge in [-0.15, -0.1) is 0 Å². The van der Waals surface area contributed by atoms with Gasteiger partial charge in [-0.25, -0.2) is 0 Å². The van der Waals surface area contributed by atoms with Crippen LogP contribution in [-0.2, 0) is 9.53 Å². The normalized spacial score (nSPS) is 18.3. The number of carbonyl (C=O) groups excluding carboxylic acids is 1. The maximum Gasteiger partial charge on any atom is 0.262 e. The molecule has 110 valence electrons. The van der Waals surface area contributed by atoms with Crippen molar-refractivity contribution < 1.29 is 9.53 Å². The second kappa shape index (κ2) is 7.46. The first-order valence-corrected chi connectivity index (χ1v) is 7.32. The number of nitrogens with one attached hydrogen (secondary N) is 1. The van der Waals surface area contributed by atoms with E-state index < -0.39 is 5.91 Å². The maximum absolute atomic E-state index is 12.0. The Morgan fingerprint density at radius 2 is 2.33 bits per heavy atom. The quantitative estimate of drug-likeness (QED) is 0.683. The van der Waals surface area contributed by atoms with Crippen molar-refractivity contribution in [2.45, 2.75) is 18.9 Å². The van der Waals surface area contributed by atoms with Crippen LogP contribution >= 0.6 is 23.2 Å². The Balaban J connectivity index is 2.05. The first-order chi connectivity index (χ1) is 10.1. The Hall–Kier alpha value is -1.54. The molecule has 0 aliphatic carbocycles. The molecule has 0 bridgehead atoms. The Morgan fingerprint density at radius 1 is 1.52 bits per heavy atom. The van der Waals surface area contributed by atoms with Gasteiger partial charge in [0.2, 0.25) is 0 Å². The summed E-state index contributed by atoms with van der Waals surface area (Å²) in [7, 11) is 0. The third kappa shape index (κ3) is 4.47. The second-order valence-electron chi connectivity index (χ2n) is 4.68. The number of rotatable bonds is 4. The molecule has 21 heavy (non-hydrogen) atoms. The lowest BCUT2D eigenvalue weighted by Crippen LogP contribution is -2.32. The van der Waals surface area contributed by atoms with Crippen LogP contribution < -0.4 is 5.32 Å². The summed E-state index contributed by atoms with van der Waals surface area (Å²) in [5, 5.41) is 12.7. The van der Waals surface area contributed by atoms with Crippen molar-refractivity contribution in [1.29, 1.82) is 5.26 Å². The topological polar surface area (TPSA) is 62.1 Å². The lowest BCUT2D eigenvalue weighted by Gasteiger charge is -2.10. The number of nitriles is 1. The summed E-state index contributed by atoms with van der Waals surface area (Å²) in [6.45, 7) is 1.13. The molecule has 1 amide bonds. The van der Waals surface area contributed by atoms with E-state index in [9.17, 15) is 4.79 Å². The van der Waals surface area contributed by atoms with Gasteiger partial charge in [-0.2, -0.15) is 5.26 Å². The molecule has 1 aromatic rings. The Morgan fingerprint density at radius 3 is 2.95 bits per heavy atom. The van der Waals surface area contributed by atoms with Crippen LogP contribution in [-0.4, -0.2) is 25.2 Å². The molecule has 1 heterocycles. The van der Waals surface area contributed by atoms with Gasteiger partial charge in [0.15, 0.2) is 0 Å². The van der Waals surface area contributed by atoms with Crippen molar-refractivity contribution in [1.82, 2.24) is 5.32 Å². The van der Waals surface area contributed by atoms with Gasteiger partial charge in [-0.3, -0.25) is 4.79 Å². The first-order valence-electron chi connectivity index (χ1n) is 6.57. The van der Waals surface area contributed by atoms with Gasteiger partial charge in [0.1, 0.15) is 11.6 Å². The fourth-order valence-corrected chi connectivity index (χ4v) is 2.49. The van der Waals surface area contributed by atoms with Crippen LogP contribution in [0.1, 0.15) is 18.4 Å². The minimum absolute atomic E-state index is 0.00257. The van der Waals surface area contributed by atoms with E-state index in [1.807, 2.05) is 6.07 Å². The Labute approximate surface area is 133 Å². The largest absolute Gasteiger partial charge is 0.376 e. The summed E-state index contributed by atoms with van der Waals surface area (Å²) in [4.78, 5) is 12.0. The van der Waals surface area contributed by atoms with Crippen molar-refractivity contribution in [2.75, 3.05) is 13.2 Å². The summed E-state index contributed by atoms with van der Waals surface area (Å²) in [6.07, 6.45) is 3.41. The lowest BCUT2D eigenvalue weighted by molar-refractivity contribution is -0.117. The molecule has 1 aromatic carbocycles. The molecule has 2 rings (SSSR count). The molecule has 1 aliphatic rings. The molecule has 1 atom stereocenters. The highest BCUT2D eigenvalue weighted by atomic mass is 35.5. The van der Waals surface area contributed by atoms with Crippen LogP contribution in [0.4, 0.5) is 0 Å². The zero-order valence-electron chi connectivity index (χ0n) is 11.2. The smallest absolute Gasteiger partial charge is 0.262 e. The average Bonchev–Trinajstić information content (AvgIpc) is 2.97. The van der Waals surface area contributed by atoms with Crippen molar-refractivity contribution >= 4 is 35.2 Å². The molecular weight excluding hydrogens is 311 g/mol. The molecular formula is C15H14Cl2N2O2. The third-order valence-corrected chi connectivity index (χ3v) is 3.70. The molecule has 1 N–H and O–H groups in total. The van der Waals surface area contributed by atoms with Gasteiger partial charge in [0.25, 0.3) is 5.91 Å². The highest BCUT2D eigenvalue weighted by molar-refractivity contribution is 6.35. The van der Waals surface area contributed by atoms with Crippen LogP contribution in [0.2, 0.25) is 10.0 Å². The van der Waals surface area contributed by atoms with E-state index >= 15 is 0 Å². The summed E-state index contributed by atoms with van der Waals surface area (Å²) in [5.41, 5.74) is 0.571.